The highest BCUT2D eigenvalue weighted by atomic mass is 16.2. The van der Waals surface area contributed by atoms with E-state index in [1.807, 2.05) is 0 Å². The number of nitrogens with one attached hydrogen (secondary N) is 1. The maximum atomic E-state index is 11.7. The highest BCUT2D eigenvalue weighted by molar-refractivity contribution is 6.05. The summed E-state index contributed by atoms with van der Waals surface area (Å²) in [6.07, 6.45) is 5.31. The van der Waals surface area contributed by atoms with Gasteiger partial charge in [-0.2, -0.15) is 0 Å². The van der Waals surface area contributed by atoms with Crippen LogP contribution < -0.4 is 16.0 Å². The van der Waals surface area contributed by atoms with E-state index in [2.05, 4.69) is 10.3 Å². The number of urea groups is 1. The van der Waals surface area contributed by atoms with Gasteiger partial charge in [-0.05, 0) is 6.07 Å². The maximum absolute atomic E-state index is 11.7. The van der Waals surface area contributed by atoms with Gasteiger partial charge in [0.1, 0.15) is 0 Å². The molecule has 1 fully saturated rings. The summed E-state index contributed by atoms with van der Waals surface area (Å²) < 4.78 is 1.74. The number of nitrogens with two attached hydrogens (primary N) is 1. The first-order chi connectivity index (χ1) is 8.65. The molecule has 0 bridgehead atoms. The lowest BCUT2D eigenvalue weighted by Crippen LogP contribution is -2.49. The molecule has 3 N–H and O–H groups in total. The third kappa shape index (κ3) is 1.56. The molecule has 7 heteroatoms. The van der Waals surface area contributed by atoms with Crippen molar-refractivity contribution in [3.63, 3.8) is 0 Å². The average Bonchev–Trinajstić information content (AvgIpc) is 2.77. The second-order valence-electron chi connectivity index (χ2n) is 4.09. The zero-order valence-corrected chi connectivity index (χ0v) is 9.46. The molecule has 3 rings (SSSR count). The van der Waals surface area contributed by atoms with Crippen LogP contribution in [0.5, 0.6) is 0 Å². The highest BCUT2D eigenvalue weighted by Gasteiger charge is 2.24. The normalized spacial score (nSPS) is 16.1. The Balaban J connectivity index is 2.03. The maximum Gasteiger partial charge on any atom is 0.328 e. The van der Waals surface area contributed by atoms with Gasteiger partial charge in [0.2, 0.25) is 5.91 Å². The van der Waals surface area contributed by atoms with E-state index in [4.69, 9.17) is 5.73 Å². The van der Waals surface area contributed by atoms with Crippen molar-refractivity contribution in [3.05, 3.63) is 24.8 Å². The molecule has 7 nitrogen and oxygen atoms in total. The lowest BCUT2D eigenvalue weighted by molar-refractivity contribution is -0.120. The number of fused-ring (bicyclic) bond motifs is 1. The van der Waals surface area contributed by atoms with Crippen LogP contribution in [0, 0.1) is 0 Å². The molecule has 1 aliphatic rings. The quantitative estimate of drug-likeness (QED) is 0.758. The monoisotopic (exact) mass is 245 g/mol. The first-order valence-corrected chi connectivity index (χ1v) is 5.48. The Labute approximate surface area is 102 Å². The summed E-state index contributed by atoms with van der Waals surface area (Å²) in [7, 11) is 0. The number of aromatic nitrogens is 2. The van der Waals surface area contributed by atoms with Crippen LogP contribution in [-0.2, 0) is 4.79 Å². The molecular weight excluding hydrogens is 234 g/mol. The lowest BCUT2D eigenvalue weighted by Gasteiger charge is -2.26. The van der Waals surface area contributed by atoms with Crippen LogP contribution in [0.25, 0.3) is 5.52 Å². The van der Waals surface area contributed by atoms with Gasteiger partial charge in [-0.3, -0.25) is 15.0 Å². The van der Waals surface area contributed by atoms with Crippen molar-refractivity contribution in [1.29, 1.82) is 0 Å². The zero-order chi connectivity index (χ0) is 12.7. The third-order valence-corrected chi connectivity index (χ3v) is 2.90. The minimum absolute atomic E-state index is 0.257. The predicted molar refractivity (Wildman–Crippen MR) is 65.1 cm³/mol. The standard InChI is InChI=1S/C11H11N5O2/c12-8-3-7(5-15-6-13-4-9(8)15)16-2-1-10(17)14-11(16)18/h3-6H,1-2,12H2,(H,14,17,18). The molecule has 0 spiro atoms. The van der Waals surface area contributed by atoms with E-state index >= 15 is 0 Å². The molecule has 1 saturated heterocycles. The topological polar surface area (TPSA) is 92.7 Å². The summed E-state index contributed by atoms with van der Waals surface area (Å²) in [5, 5.41) is 2.27. The van der Waals surface area contributed by atoms with Gasteiger partial charge in [0.15, 0.2) is 0 Å². The number of nitrogen functional groups attached to an aromatic ring is 1. The minimum atomic E-state index is -0.426. The highest BCUT2D eigenvalue weighted by Crippen LogP contribution is 2.23. The average molecular weight is 245 g/mol. The first kappa shape index (κ1) is 10.6. The number of carbonyl (C=O) groups is 2. The van der Waals surface area contributed by atoms with E-state index in [9.17, 15) is 9.59 Å². The van der Waals surface area contributed by atoms with Crippen LogP contribution in [0.4, 0.5) is 16.2 Å². The molecule has 0 unspecified atom stereocenters. The van der Waals surface area contributed by atoms with Crippen molar-refractivity contribution < 1.29 is 9.59 Å². The molecule has 1 aliphatic heterocycles. The van der Waals surface area contributed by atoms with Gasteiger partial charge in [-0.25, -0.2) is 9.78 Å². The van der Waals surface area contributed by atoms with E-state index in [0.717, 1.165) is 5.52 Å². The minimum Gasteiger partial charge on any atom is -0.397 e. The molecule has 3 heterocycles. The van der Waals surface area contributed by atoms with Crippen LogP contribution in [0.2, 0.25) is 0 Å². The predicted octanol–water partition coefficient (Wildman–Crippen LogP) is 0.363. The molecule has 0 aliphatic carbocycles. The summed E-state index contributed by atoms with van der Waals surface area (Å²) >= 11 is 0. The summed E-state index contributed by atoms with van der Waals surface area (Å²) in [5.74, 6) is -0.257. The second-order valence-corrected chi connectivity index (χ2v) is 4.09. The zero-order valence-electron chi connectivity index (χ0n) is 9.46. The summed E-state index contributed by atoms with van der Waals surface area (Å²) in [6, 6.07) is 1.27. The Morgan fingerprint density at radius 2 is 2.22 bits per heavy atom. The Morgan fingerprint density at radius 1 is 1.39 bits per heavy atom. The van der Waals surface area contributed by atoms with Crippen molar-refractivity contribution in [3.8, 4) is 0 Å². The molecule has 0 saturated carbocycles. The Morgan fingerprint density at radius 3 is 3.00 bits per heavy atom. The van der Waals surface area contributed by atoms with E-state index < -0.39 is 6.03 Å². The van der Waals surface area contributed by atoms with Gasteiger partial charge < -0.3 is 10.1 Å². The molecule has 2 aromatic rings. The molecule has 18 heavy (non-hydrogen) atoms. The van der Waals surface area contributed by atoms with E-state index in [1.54, 1.807) is 29.2 Å². The number of amides is 3. The van der Waals surface area contributed by atoms with E-state index in [1.165, 1.54) is 4.90 Å². The smallest absolute Gasteiger partial charge is 0.328 e. The van der Waals surface area contributed by atoms with Gasteiger partial charge in [0.25, 0.3) is 0 Å². The number of anilines is 2. The summed E-state index contributed by atoms with van der Waals surface area (Å²) in [5.41, 5.74) is 7.86. The number of imidazole rings is 1. The van der Waals surface area contributed by atoms with Gasteiger partial charge >= 0.3 is 6.03 Å². The van der Waals surface area contributed by atoms with Crippen LogP contribution in [0.15, 0.2) is 24.8 Å². The molecule has 0 atom stereocenters. The third-order valence-electron chi connectivity index (χ3n) is 2.90. The number of hydrogen-bond acceptors (Lipinski definition) is 4. The number of imide groups is 1. The molecule has 2 aromatic heterocycles. The van der Waals surface area contributed by atoms with Gasteiger partial charge in [0.05, 0.1) is 29.4 Å². The number of pyridine rings is 1. The molecule has 0 aromatic carbocycles. The van der Waals surface area contributed by atoms with Crippen molar-refractivity contribution in [1.82, 2.24) is 14.7 Å². The van der Waals surface area contributed by atoms with Crippen LogP contribution in [0.3, 0.4) is 0 Å². The van der Waals surface area contributed by atoms with Crippen LogP contribution in [-0.4, -0.2) is 27.9 Å². The van der Waals surface area contributed by atoms with Crippen molar-refractivity contribution in [2.24, 2.45) is 0 Å². The summed E-state index contributed by atoms with van der Waals surface area (Å²) in [4.78, 5) is 28.3. The van der Waals surface area contributed by atoms with Gasteiger partial charge in [0, 0.05) is 19.2 Å². The SMILES string of the molecule is Nc1cc(N2CCC(=O)NC2=O)cn2cncc12. The first-order valence-electron chi connectivity index (χ1n) is 5.48. The molecule has 3 amide bonds. The molecule has 92 valence electrons. The van der Waals surface area contributed by atoms with Crippen LogP contribution >= 0.6 is 0 Å². The van der Waals surface area contributed by atoms with Crippen molar-refractivity contribution in [2.45, 2.75) is 6.42 Å². The lowest BCUT2D eigenvalue weighted by atomic mass is 10.2. The molecule has 0 radical (unpaired) electrons. The van der Waals surface area contributed by atoms with Crippen molar-refractivity contribution >= 4 is 28.8 Å². The second kappa shape index (κ2) is 3.73. The van der Waals surface area contributed by atoms with Gasteiger partial charge in [-0.15, -0.1) is 0 Å². The van der Waals surface area contributed by atoms with Crippen LogP contribution in [0.1, 0.15) is 6.42 Å². The largest absolute Gasteiger partial charge is 0.397 e. The van der Waals surface area contributed by atoms with E-state index in [0.29, 0.717) is 17.9 Å². The number of rotatable bonds is 1. The fraction of sp³-hybridized carbons (Fsp3) is 0.182. The summed E-state index contributed by atoms with van der Waals surface area (Å²) in [6.45, 7) is 0.351. The Bertz CT molecular complexity index is 648. The Kier molecular flexibility index (Phi) is 2.19. The van der Waals surface area contributed by atoms with E-state index in [-0.39, 0.29) is 12.3 Å². The van der Waals surface area contributed by atoms with Gasteiger partial charge in [-0.1, -0.05) is 0 Å². The Hall–Kier alpha value is -2.57. The fourth-order valence-electron chi connectivity index (χ4n) is 2.00. The fourth-order valence-corrected chi connectivity index (χ4v) is 2.00. The molecular formula is C11H11N5O2. The van der Waals surface area contributed by atoms with Crippen molar-refractivity contribution in [2.75, 3.05) is 17.2 Å². The number of hydrogen-bond donors (Lipinski definition) is 2. The number of nitrogens with zero attached hydrogens (tertiary/aromatic N) is 3. The number of carbonyl (C=O) groups excluding carboxylic acids is 2.